The van der Waals surface area contributed by atoms with Gasteiger partial charge in [-0.25, -0.2) is 0 Å². The van der Waals surface area contributed by atoms with E-state index in [9.17, 15) is 10.2 Å². The molecule has 1 unspecified atom stereocenters. The minimum atomic E-state index is -0.0405. The molecule has 2 aromatic rings. The van der Waals surface area contributed by atoms with Gasteiger partial charge >= 0.3 is 0 Å². The zero-order chi connectivity index (χ0) is 14.0. The molecule has 0 aliphatic rings. The molecule has 1 heterocycles. The highest BCUT2D eigenvalue weighted by Gasteiger charge is 2.09. The Hall–Kier alpha value is -2.23. The molecular formula is C15H18N2O2. The van der Waals surface area contributed by atoms with E-state index < -0.39 is 0 Å². The van der Waals surface area contributed by atoms with Crippen LogP contribution in [-0.4, -0.2) is 15.2 Å². The van der Waals surface area contributed by atoms with Gasteiger partial charge < -0.3 is 15.5 Å². The van der Waals surface area contributed by atoms with Crippen LogP contribution in [0.4, 0.5) is 5.69 Å². The van der Waals surface area contributed by atoms with E-state index in [1.807, 2.05) is 32.9 Å². The van der Waals surface area contributed by atoms with Crippen LogP contribution in [0.3, 0.4) is 0 Å². The van der Waals surface area contributed by atoms with Gasteiger partial charge in [0.15, 0.2) is 0 Å². The molecule has 2 rings (SSSR count). The lowest BCUT2D eigenvalue weighted by Crippen LogP contribution is -2.08. The summed E-state index contributed by atoms with van der Waals surface area (Å²) in [5.74, 6) is 0.116. The zero-order valence-corrected chi connectivity index (χ0v) is 11.3. The number of anilines is 1. The van der Waals surface area contributed by atoms with Crippen LogP contribution in [0.25, 0.3) is 0 Å². The number of aromatic nitrogens is 1. The Labute approximate surface area is 112 Å². The fourth-order valence-electron chi connectivity index (χ4n) is 2.02. The maximum atomic E-state index is 9.50. The van der Waals surface area contributed by atoms with Crippen molar-refractivity contribution in [2.45, 2.75) is 26.8 Å². The lowest BCUT2D eigenvalue weighted by atomic mass is 10.1. The number of hydrogen-bond acceptors (Lipinski definition) is 4. The highest BCUT2D eigenvalue weighted by molar-refractivity contribution is 5.50. The molecule has 0 radical (unpaired) electrons. The van der Waals surface area contributed by atoms with Gasteiger partial charge in [0.1, 0.15) is 11.5 Å². The average molecular weight is 258 g/mol. The van der Waals surface area contributed by atoms with Crippen LogP contribution in [-0.2, 0) is 0 Å². The predicted octanol–water partition coefficient (Wildman–Crippen LogP) is 3.28. The number of aryl methyl sites for hydroxylation is 2. The van der Waals surface area contributed by atoms with Crippen molar-refractivity contribution in [1.29, 1.82) is 0 Å². The highest BCUT2D eigenvalue weighted by Crippen LogP contribution is 2.27. The molecule has 0 bridgehead atoms. The standard InChI is InChI=1S/C15H18N2O2/c1-9-4-5-15(11(3)16-9)17-10(2)12-6-13(18)8-14(19)7-12/h4-8,10,17-19H,1-3H3. The molecular weight excluding hydrogens is 240 g/mol. The summed E-state index contributed by atoms with van der Waals surface area (Å²) in [6.45, 7) is 5.86. The van der Waals surface area contributed by atoms with Crippen LogP contribution < -0.4 is 5.32 Å². The summed E-state index contributed by atoms with van der Waals surface area (Å²) >= 11 is 0. The second-order valence-corrected chi connectivity index (χ2v) is 4.73. The summed E-state index contributed by atoms with van der Waals surface area (Å²) in [6, 6.07) is 8.47. The van der Waals surface area contributed by atoms with Crippen LogP contribution in [0.1, 0.15) is 29.9 Å². The number of hydrogen-bond donors (Lipinski definition) is 3. The molecule has 100 valence electrons. The minimum absolute atomic E-state index is 0.0405. The van der Waals surface area contributed by atoms with Crippen molar-refractivity contribution in [3.05, 3.63) is 47.3 Å². The third kappa shape index (κ3) is 3.16. The summed E-state index contributed by atoms with van der Waals surface area (Å²) in [6.07, 6.45) is 0. The van der Waals surface area contributed by atoms with Crippen LogP contribution in [0.2, 0.25) is 0 Å². The minimum Gasteiger partial charge on any atom is -0.508 e. The third-order valence-electron chi connectivity index (χ3n) is 3.02. The second-order valence-electron chi connectivity index (χ2n) is 4.73. The number of nitrogens with one attached hydrogen (secondary N) is 1. The van der Waals surface area contributed by atoms with Crippen LogP contribution in [0, 0.1) is 13.8 Å². The fourth-order valence-corrected chi connectivity index (χ4v) is 2.02. The quantitative estimate of drug-likeness (QED) is 0.790. The monoisotopic (exact) mass is 258 g/mol. The number of rotatable bonds is 3. The molecule has 1 aromatic heterocycles. The van der Waals surface area contributed by atoms with Gasteiger partial charge in [-0.05, 0) is 50.6 Å². The van der Waals surface area contributed by atoms with Gasteiger partial charge in [-0.2, -0.15) is 0 Å². The first-order valence-corrected chi connectivity index (χ1v) is 6.19. The summed E-state index contributed by atoms with van der Waals surface area (Å²) < 4.78 is 0. The van der Waals surface area contributed by atoms with Crippen molar-refractivity contribution >= 4 is 5.69 Å². The molecule has 3 N–H and O–H groups in total. The molecule has 19 heavy (non-hydrogen) atoms. The van der Waals surface area contributed by atoms with Gasteiger partial charge in [0.05, 0.1) is 11.4 Å². The van der Waals surface area contributed by atoms with E-state index in [0.717, 1.165) is 22.6 Å². The Bertz CT molecular complexity index is 576. The number of phenols is 2. The number of pyridine rings is 1. The van der Waals surface area contributed by atoms with Crippen molar-refractivity contribution < 1.29 is 10.2 Å². The van der Waals surface area contributed by atoms with Gasteiger partial charge in [0, 0.05) is 17.8 Å². The van der Waals surface area contributed by atoms with Crippen molar-refractivity contribution in [2.75, 3.05) is 5.32 Å². The van der Waals surface area contributed by atoms with E-state index in [2.05, 4.69) is 10.3 Å². The normalized spacial score (nSPS) is 12.2. The summed E-state index contributed by atoms with van der Waals surface area (Å²) in [7, 11) is 0. The molecule has 1 atom stereocenters. The average Bonchev–Trinajstić information content (AvgIpc) is 2.31. The smallest absolute Gasteiger partial charge is 0.119 e. The van der Waals surface area contributed by atoms with E-state index in [1.54, 1.807) is 12.1 Å². The molecule has 0 saturated carbocycles. The lowest BCUT2D eigenvalue weighted by Gasteiger charge is -2.17. The number of nitrogens with zero attached hydrogens (tertiary/aromatic N) is 1. The number of aromatic hydroxyl groups is 2. The largest absolute Gasteiger partial charge is 0.508 e. The second kappa shape index (κ2) is 5.18. The van der Waals surface area contributed by atoms with E-state index in [-0.39, 0.29) is 17.5 Å². The first-order valence-electron chi connectivity index (χ1n) is 6.19. The first kappa shape index (κ1) is 13.2. The highest BCUT2D eigenvalue weighted by atomic mass is 16.3. The van der Waals surface area contributed by atoms with Crippen molar-refractivity contribution in [2.24, 2.45) is 0 Å². The van der Waals surface area contributed by atoms with Crippen LogP contribution in [0.15, 0.2) is 30.3 Å². The number of phenolic OH excluding ortho intramolecular Hbond substituents is 2. The van der Waals surface area contributed by atoms with Gasteiger partial charge in [-0.1, -0.05) is 0 Å². The van der Waals surface area contributed by atoms with Gasteiger partial charge in [-0.3, -0.25) is 4.98 Å². The molecule has 0 fully saturated rings. The zero-order valence-electron chi connectivity index (χ0n) is 11.3. The Kier molecular flexibility index (Phi) is 3.60. The number of benzene rings is 1. The van der Waals surface area contributed by atoms with E-state index >= 15 is 0 Å². The van der Waals surface area contributed by atoms with Crippen molar-refractivity contribution in [3.8, 4) is 11.5 Å². The SMILES string of the molecule is Cc1ccc(NC(C)c2cc(O)cc(O)c2)c(C)n1. The molecule has 0 amide bonds. The topological polar surface area (TPSA) is 65.4 Å². The van der Waals surface area contributed by atoms with Crippen molar-refractivity contribution in [1.82, 2.24) is 4.98 Å². The lowest BCUT2D eigenvalue weighted by molar-refractivity contribution is 0.448. The Balaban J connectivity index is 2.22. The van der Waals surface area contributed by atoms with Gasteiger partial charge in [-0.15, -0.1) is 0 Å². The Morgan fingerprint density at radius 2 is 1.68 bits per heavy atom. The molecule has 1 aromatic carbocycles. The Morgan fingerprint density at radius 1 is 1.05 bits per heavy atom. The summed E-state index contributed by atoms with van der Waals surface area (Å²) in [5, 5.41) is 22.3. The molecule has 0 aliphatic carbocycles. The third-order valence-corrected chi connectivity index (χ3v) is 3.02. The van der Waals surface area contributed by atoms with Crippen molar-refractivity contribution in [3.63, 3.8) is 0 Å². The van der Waals surface area contributed by atoms with Crippen LogP contribution >= 0.6 is 0 Å². The summed E-state index contributed by atoms with van der Waals surface area (Å²) in [4.78, 5) is 4.39. The molecule has 0 saturated heterocycles. The fraction of sp³-hybridized carbons (Fsp3) is 0.267. The Morgan fingerprint density at radius 3 is 2.26 bits per heavy atom. The molecule has 4 nitrogen and oxygen atoms in total. The maximum absolute atomic E-state index is 9.50. The molecule has 0 spiro atoms. The maximum Gasteiger partial charge on any atom is 0.119 e. The van der Waals surface area contributed by atoms with E-state index in [4.69, 9.17) is 0 Å². The predicted molar refractivity (Wildman–Crippen MR) is 75.5 cm³/mol. The molecule has 4 heteroatoms. The van der Waals surface area contributed by atoms with E-state index in [0.29, 0.717) is 0 Å². The van der Waals surface area contributed by atoms with E-state index in [1.165, 1.54) is 6.07 Å². The molecule has 0 aliphatic heterocycles. The first-order chi connectivity index (χ1) is 8.95. The van der Waals surface area contributed by atoms with Gasteiger partial charge in [0.2, 0.25) is 0 Å². The van der Waals surface area contributed by atoms with Crippen LogP contribution in [0.5, 0.6) is 11.5 Å². The van der Waals surface area contributed by atoms with Gasteiger partial charge in [0.25, 0.3) is 0 Å². The summed E-state index contributed by atoms with van der Waals surface area (Å²) in [5.41, 5.74) is 3.67.